The molecule has 0 saturated heterocycles. The Hall–Kier alpha value is -2.57. The van der Waals surface area contributed by atoms with Crippen LogP contribution in [0.3, 0.4) is 0 Å². The molecule has 1 aliphatic carbocycles. The average Bonchev–Trinajstić information content (AvgIpc) is 2.78. The van der Waals surface area contributed by atoms with Crippen molar-refractivity contribution in [3.8, 4) is 0 Å². The third kappa shape index (κ3) is 10.4. The summed E-state index contributed by atoms with van der Waals surface area (Å²) in [5.41, 5.74) is 2.21. The molecule has 2 atom stereocenters. The molecule has 37 heavy (non-hydrogen) atoms. The number of aryl methyl sites for hydroxylation is 2. The fourth-order valence-corrected chi connectivity index (χ4v) is 5.04. The smallest absolute Gasteiger partial charge is 0.408 e. The van der Waals surface area contributed by atoms with Gasteiger partial charge >= 0.3 is 6.09 Å². The van der Waals surface area contributed by atoms with Gasteiger partial charge < -0.3 is 20.3 Å². The summed E-state index contributed by atoms with van der Waals surface area (Å²) in [7, 11) is 0. The molecule has 0 aromatic heterocycles. The van der Waals surface area contributed by atoms with E-state index in [1.165, 1.54) is 6.42 Å². The summed E-state index contributed by atoms with van der Waals surface area (Å²) in [6, 6.07) is 5.20. The molecule has 2 N–H and O–H groups in total. The van der Waals surface area contributed by atoms with E-state index in [4.69, 9.17) is 4.74 Å². The Kier molecular flexibility index (Phi) is 11.5. The van der Waals surface area contributed by atoms with E-state index in [9.17, 15) is 14.4 Å². The molecule has 7 nitrogen and oxygen atoms in total. The zero-order chi connectivity index (χ0) is 27.8. The number of alkyl carbamates (subject to hydrolysis) is 1. The van der Waals surface area contributed by atoms with E-state index in [-0.39, 0.29) is 30.4 Å². The number of carbonyl (C=O) groups is 3. The summed E-state index contributed by atoms with van der Waals surface area (Å²) in [6.07, 6.45) is 6.36. The number of carbonyl (C=O) groups excluding carboxylic acids is 3. The number of hydrogen-bond donors (Lipinski definition) is 2. The molecule has 0 bridgehead atoms. The molecule has 1 aromatic carbocycles. The normalized spacial score (nSPS) is 16.1. The summed E-state index contributed by atoms with van der Waals surface area (Å²) in [6.45, 7) is 15.4. The van der Waals surface area contributed by atoms with Crippen LogP contribution in [-0.2, 0) is 14.3 Å². The second kappa shape index (κ2) is 13.8. The van der Waals surface area contributed by atoms with Gasteiger partial charge in [-0.25, -0.2) is 4.79 Å². The number of amides is 3. The molecular formula is C30H49N3O4. The Balaban J connectivity index is 2.42. The number of nitrogens with one attached hydrogen (secondary N) is 2. The number of ether oxygens (including phenoxy) is 1. The molecule has 208 valence electrons. The van der Waals surface area contributed by atoms with Crippen LogP contribution in [0.5, 0.6) is 0 Å². The zero-order valence-electron chi connectivity index (χ0n) is 24.3. The van der Waals surface area contributed by atoms with Crippen molar-refractivity contribution in [1.29, 1.82) is 0 Å². The highest BCUT2D eigenvalue weighted by molar-refractivity contribution is 5.91. The predicted molar refractivity (Wildman–Crippen MR) is 148 cm³/mol. The van der Waals surface area contributed by atoms with Gasteiger partial charge in [-0.05, 0) is 78.7 Å². The van der Waals surface area contributed by atoms with E-state index in [0.29, 0.717) is 5.92 Å². The van der Waals surface area contributed by atoms with Gasteiger partial charge in [-0.3, -0.25) is 9.59 Å². The van der Waals surface area contributed by atoms with Crippen molar-refractivity contribution in [3.05, 3.63) is 34.9 Å². The molecule has 1 aliphatic rings. The quantitative estimate of drug-likeness (QED) is 0.402. The fraction of sp³-hybridized carbons (Fsp3) is 0.700. The van der Waals surface area contributed by atoms with E-state index >= 15 is 0 Å². The number of hydrogen-bond acceptors (Lipinski definition) is 4. The van der Waals surface area contributed by atoms with Crippen molar-refractivity contribution in [2.24, 2.45) is 5.92 Å². The maximum Gasteiger partial charge on any atom is 0.408 e. The van der Waals surface area contributed by atoms with E-state index in [0.717, 1.165) is 55.2 Å². The van der Waals surface area contributed by atoms with Crippen LogP contribution in [-0.4, -0.2) is 47.0 Å². The highest BCUT2D eigenvalue weighted by Gasteiger charge is 2.36. The van der Waals surface area contributed by atoms with Crippen LogP contribution < -0.4 is 10.6 Å². The van der Waals surface area contributed by atoms with Crippen molar-refractivity contribution >= 4 is 17.9 Å². The first-order chi connectivity index (χ1) is 17.3. The lowest BCUT2D eigenvalue weighted by molar-refractivity contribution is -0.143. The molecule has 0 heterocycles. The molecule has 0 spiro atoms. The van der Waals surface area contributed by atoms with Gasteiger partial charge in [-0.2, -0.15) is 0 Å². The summed E-state index contributed by atoms with van der Waals surface area (Å²) >= 11 is 0. The van der Waals surface area contributed by atoms with Crippen molar-refractivity contribution in [2.45, 2.75) is 124 Å². The van der Waals surface area contributed by atoms with E-state index in [2.05, 4.69) is 30.5 Å². The highest BCUT2D eigenvalue weighted by atomic mass is 16.6. The Morgan fingerprint density at radius 1 is 0.973 bits per heavy atom. The Labute approximate surface area is 224 Å². The topological polar surface area (TPSA) is 87.7 Å². The van der Waals surface area contributed by atoms with Gasteiger partial charge in [0.05, 0.1) is 0 Å². The highest BCUT2D eigenvalue weighted by Crippen LogP contribution is 2.29. The molecule has 1 saturated carbocycles. The first kappa shape index (κ1) is 30.7. The van der Waals surface area contributed by atoms with Crippen LogP contribution in [0.1, 0.15) is 109 Å². The summed E-state index contributed by atoms with van der Waals surface area (Å²) < 4.78 is 5.33. The van der Waals surface area contributed by atoms with Gasteiger partial charge in [0.2, 0.25) is 11.8 Å². The maximum absolute atomic E-state index is 13.9. The van der Waals surface area contributed by atoms with Gasteiger partial charge in [-0.15, -0.1) is 0 Å². The molecule has 1 aromatic rings. The molecule has 1 fully saturated rings. The van der Waals surface area contributed by atoms with Crippen molar-refractivity contribution in [2.75, 3.05) is 6.54 Å². The molecule has 7 heteroatoms. The maximum atomic E-state index is 13.9. The molecule has 3 amide bonds. The molecule has 2 unspecified atom stereocenters. The predicted octanol–water partition coefficient (Wildman–Crippen LogP) is 5.97. The van der Waals surface area contributed by atoms with Crippen LogP contribution >= 0.6 is 0 Å². The lowest BCUT2D eigenvalue weighted by Crippen LogP contribution is -2.52. The first-order valence-corrected chi connectivity index (χ1v) is 13.9. The zero-order valence-corrected chi connectivity index (χ0v) is 24.3. The minimum atomic E-state index is -0.782. The third-order valence-corrected chi connectivity index (χ3v) is 6.75. The molecular weight excluding hydrogens is 466 g/mol. The largest absolute Gasteiger partial charge is 0.444 e. The minimum Gasteiger partial charge on any atom is -0.444 e. The lowest BCUT2D eigenvalue weighted by Gasteiger charge is -2.38. The minimum absolute atomic E-state index is 0.123. The fourth-order valence-electron chi connectivity index (χ4n) is 5.04. The van der Waals surface area contributed by atoms with Gasteiger partial charge in [0.25, 0.3) is 0 Å². The van der Waals surface area contributed by atoms with Crippen LogP contribution in [0.4, 0.5) is 4.79 Å². The SMILES string of the molecule is Cc1cc(C)cc(C(C(=O)NC2CCCCC2)N(C(=O)CNC(=O)OC(C)(C)C)C(C)CCC(C)C)c1. The van der Waals surface area contributed by atoms with Gasteiger partial charge in [0, 0.05) is 12.1 Å². The first-order valence-electron chi connectivity index (χ1n) is 13.9. The third-order valence-electron chi connectivity index (χ3n) is 6.75. The van der Waals surface area contributed by atoms with E-state index in [1.807, 2.05) is 32.9 Å². The summed E-state index contributed by atoms with van der Waals surface area (Å²) in [4.78, 5) is 41.7. The van der Waals surface area contributed by atoms with Crippen molar-refractivity contribution in [3.63, 3.8) is 0 Å². The van der Waals surface area contributed by atoms with Crippen LogP contribution in [0.15, 0.2) is 18.2 Å². The van der Waals surface area contributed by atoms with Gasteiger partial charge in [0.1, 0.15) is 18.2 Å². The summed E-state index contributed by atoms with van der Waals surface area (Å²) in [5.74, 6) is 0.0130. The monoisotopic (exact) mass is 515 g/mol. The Morgan fingerprint density at radius 2 is 1.57 bits per heavy atom. The number of rotatable bonds is 10. The number of nitrogens with zero attached hydrogens (tertiary/aromatic N) is 1. The van der Waals surface area contributed by atoms with Gasteiger partial charge in [0.15, 0.2) is 0 Å². The standard InChI is InChI=1S/C30H49N3O4/c1-20(2)14-15-23(5)33(26(34)19-31-29(36)37-30(6,7)8)27(24-17-21(3)16-22(4)18-24)28(35)32-25-12-10-9-11-13-25/h16-18,20,23,25,27H,9-15,19H2,1-8H3,(H,31,36)(H,32,35). The second-order valence-corrected chi connectivity index (χ2v) is 12.1. The Morgan fingerprint density at radius 3 is 2.11 bits per heavy atom. The van der Waals surface area contributed by atoms with Gasteiger partial charge in [-0.1, -0.05) is 62.4 Å². The van der Waals surface area contributed by atoms with Crippen molar-refractivity contribution in [1.82, 2.24) is 15.5 Å². The molecule has 0 radical (unpaired) electrons. The van der Waals surface area contributed by atoms with E-state index in [1.54, 1.807) is 25.7 Å². The van der Waals surface area contributed by atoms with Crippen LogP contribution in [0.2, 0.25) is 0 Å². The lowest BCUT2D eigenvalue weighted by atomic mass is 9.93. The van der Waals surface area contributed by atoms with Crippen LogP contribution in [0.25, 0.3) is 0 Å². The Bertz CT molecular complexity index is 896. The average molecular weight is 516 g/mol. The van der Waals surface area contributed by atoms with Crippen molar-refractivity contribution < 1.29 is 19.1 Å². The van der Waals surface area contributed by atoms with E-state index < -0.39 is 17.7 Å². The molecule has 2 rings (SSSR count). The van der Waals surface area contributed by atoms with Crippen LogP contribution in [0, 0.1) is 19.8 Å². The molecule has 0 aliphatic heterocycles. The second-order valence-electron chi connectivity index (χ2n) is 12.1. The summed E-state index contributed by atoms with van der Waals surface area (Å²) in [5, 5.41) is 5.87. The number of benzene rings is 1.